The zero-order valence-electron chi connectivity index (χ0n) is 6.08. The van der Waals surface area contributed by atoms with E-state index < -0.39 is 0 Å². The first kappa shape index (κ1) is 6.80. The zero-order chi connectivity index (χ0) is 7.68. The van der Waals surface area contributed by atoms with E-state index in [2.05, 4.69) is 24.0 Å². The summed E-state index contributed by atoms with van der Waals surface area (Å²) in [7, 11) is 0. The minimum atomic E-state index is 0.855. The van der Waals surface area contributed by atoms with Crippen LogP contribution in [0.15, 0.2) is 23.7 Å². The van der Waals surface area contributed by atoms with Crippen LogP contribution in [0.3, 0.4) is 0 Å². The first-order valence-electron chi connectivity index (χ1n) is 3.51. The second-order valence-corrected chi connectivity index (χ2v) is 3.29. The lowest BCUT2D eigenvalue weighted by molar-refractivity contribution is 1.28. The molecule has 0 saturated heterocycles. The highest BCUT2D eigenvalue weighted by Gasteiger charge is 1.95. The third kappa shape index (κ3) is 1.14. The minimum Gasteiger partial charge on any atom is -0.245 e. The van der Waals surface area contributed by atoms with Crippen molar-refractivity contribution in [3.8, 4) is 0 Å². The van der Waals surface area contributed by atoms with Crippen LogP contribution in [-0.2, 0) is 6.42 Å². The van der Waals surface area contributed by atoms with Gasteiger partial charge in [-0.3, -0.25) is 0 Å². The van der Waals surface area contributed by atoms with Crippen LogP contribution < -0.4 is 0 Å². The second-order valence-electron chi connectivity index (χ2n) is 2.40. The first-order valence-corrected chi connectivity index (χ1v) is 4.39. The molecule has 0 saturated carbocycles. The summed E-state index contributed by atoms with van der Waals surface area (Å²) in [6, 6.07) is 6.28. The summed E-state index contributed by atoms with van der Waals surface area (Å²) in [5, 5.41) is 0. The maximum Gasteiger partial charge on any atom is 0.0812 e. The molecule has 0 spiro atoms. The number of aromatic nitrogens is 1. The molecule has 0 aliphatic heterocycles. The lowest BCUT2D eigenvalue weighted by Gasteiger charge is -1.93. The average molecular weight is 162 g/mol. The summed E-state index contributed by atoms with van der Waals surface area (Å²) < 4.78 is 1.26. The van der Waals surface area contributed by atoms with Crippen LogP contribution in [0.25, 0.3) is 10.2 Å². The summed E-state index contributed by atoms with van der Waals surface area (Å²) in [6.07, 6.45) is 0.855. The highest BCUT2D eigenvalue weighted by Crippen LogP contribution is 2.18. The summed E-state index contributed by atoms with van der Waals surface area (Å²) in [5.41, 5.74) is 4.24. The van der Waals surface area contributed by atoms with E-state index in [0.717, 1.165) is 11.9 Å². The third-order valence-corrected chi connectivity index (χ3v) is 2.48. The molecule has 0 unspecified atom stereocenters. The molecule has 2 heteroatoms. The van der Waals surface area contributed by atoms with Gasteiger partial charge in [0, 0.05) is 0 Å². The normalized spacial score (nSPS) is 10.6. The fraction of sp³-hybridized carbons (Fsp3) is 0.111. The maximum atomic E-state index is 4.19. The molecule has 2 aromatic rings. The van der Waals surface area contributed by atoms with Crippen molar-refractivity contribution >= 4 is 21.6 Å². The Kier molecular flexibility index (Phi) is 1.62. The molecule has 11 heavy (non-hydrogen) atoms. The van der Waals surface area contributed by atoms with Crippen molar-refractivity contribution in [2.75, 3.05) is 0 Å². The van der Waals surface area contributed by atoms with Gasteiger partial charge in [0.05, 0.1) is 15.7 Å². The number of nitrogens with zero attached hydrogens (tertiary/aromatic N) is 1. The predicted octanol–water partition coefficient (Wildman–Crippen LogP) is 2.67. The number of benzene rings is 1. The number of hydrogen-bond acceptors (Lipinski definition) is 2. The summed E-state index contributed by atoms with van der Waals surface area (Å²) in [5.74, 6) is 0. The van der Waals surface area contributed by atoms with Gasteiger partial charge in [-0.1, -0.05) is 6.07 Å². The van der Waals surface area contributed by atoms with Gasteiger partial charge in [0.25, 0.3) is 0 Å². The van der Waals surface area contributed by atoms with Gasteiger partial charge in [-0.2, -0.15) is 0 Å². The van der Waals surface area contributed by atoms with E-state index in [9.17, 15) is 0 Å². The topological polar surface area (TPSA) is 12.9 Å². The SMILES string of the molecule is [CH2]Cc1ccc2ncsc2c1. The van der Waals surface area contributed by atoms with E-state index in [1.165, 1.54) is 10.3 Å². The van der Waals surface area contributed by atoms with Gasteiger partial charge in [-0.25, -0.2) is 4.98 Å². The molecule has 0 atom stereocenters. The fourth-order valence-electron chi connectivity index (χ4n) is 1.06. The standard InChI is InChI=1S/C9H8NS/c1-2-7-3-4-8-9(5-7)11-6-10-8/h3-6H,1-2H2. The van der Waals surface area contributed by atoms with Gasteiger partial charge in [0.1, 0.15) is 0 Å². The molecule has 0 amide bonds. The molecule has 0 N–H and O–H groups in total. The monoisotopic (exact) mass is 162 g/mol. The number of hydrogen-bond donors (Lipinski definition) is 0. The zero-order valence-corrected chi connectivity index (χ0v) is 6.90. The van der Waals surface area contributed by atoms with E-state index in [1.807, 2.05) is 11.6 Å². The van der Waals surface area contributed by atoms with Crippen molar-refractivity contribution in [3.05, 3.63) is 36.2 Å². The molecule has 55 valence electrons. The third-order valence-electron chi connectivity index (χ3n) is 1.68. The van der Waals surface area contributed by atoms with Crippen molar-refractivity contribution < 1.29 is 0 Å². The Morgan fingerprint density at radius 1 is 1.45 bits per heavy atom. The van der Waals surface area contributed by atoms with Gasteiger partial charge in [0.15, 0.2) is 0 Å². The van der Waals surface area contributed by atoms with E-state index in [1.54, 1.807) is 11.3 Å². The van der Waals surface area contributed by atoms with Crippen LogP contribution in [0, 0.1) is 6.92 Å². The Labute approximate surface area is 69.7 Å². The summed E-state index contributed by atoms with van der Waals surface area (Å²) in [4.78, 5) is 4.19. The fourth-order valence-corrected chi connectivity index (χ4v) is 1.80. The molecule has 0 bridgehead atoms. The van der Waals surface area contributed by atoms with Crippen molar-refractivity contribution in [1.29, 1.82) is 0 Å². The average Bonchev–Trinajstić information content (AvgIpc) is 2.50. The van der Waals surface area contributed by atoms with Gasteiger partial charge >= 0.3 is 0 Å². The number of rotatable bonds is 1. The molecule has 1 aromatic heterocycles. The Morgan fingerprint density at radius 2 is 2.36 bits per heavy atom. The lowest BCUT2D eigenvalue weighted by Crippen LogP contribution is -1.77. The number of fused-ring (bicyclic) bond motifs is 1. The highest BCUT2D eigenvalue weighted by atomic mass is 32.1. The molecular weight excluding hydrogens is 154 g/mol. The molecule has 2 rings (SSSR count). The van der Waals surface area contributed by atoms with Crippen molar-refractivity contribution in [1.82, 2.24) is 4.98 Å². The Bertz CT molecular complexity index is 364. The minimum absolute atomic E-state index is 0.855. The van der Waals surface area contributed by atoms with Crippen LogP contribution in [0.5, 0.6) is 0 Å². The van der Waals surface area contributed by atoms with Crippen molar-refractivity contribution in [2.24, 2.45) is 0 Å². The first-order chi connectivity index (χ1) is 5.40. The maximum absolute atomic E-state index is 4.19. The van der Waals surface area contributed by atoms with Crippen molar-refractivity contribution in [2.45, 2.75) is 6.42 Å². The van der Waals surface area contributed by atoms with Gasteiger partial charge < -0.3 is 0 Å². The van der Waals surface area contributed by atoms with Gasteiger partial charge in [-0.15, -0.1) is 11.3 Å². The summed E-state index contributed by atoms with van der Waals surface area (Å²) >= 11 is 1.68. The van der Waals surface area contributed by atoms with Crippen LogP contribution in [0.1, 0.15) is 5.56 Å². The van der Waals surface area contributed by atoms with E-state index in [-0.39, 0.29) is 0 Å². The van der Waals surface area contributed by atoms with Crippen LogP contribution >= 0.6 is 11.3 Å². The van der Waals surface area contributed by atoms with E-state index >= 15 is 0 Å². The van der Waals surface area contributed by atoms with Crippen molar-refractivity contribution in [3.63, 3.8) is 0 Å². The molecule has 1 heterocycles. The van der Waals surface area contributed by atoms with E-state index in [4.69, 9.17) is 0 Å². The lowest BCUT2D eigenvalue weighted by atomic mass is 10.2. The molecule has 1 nitrogen and oxygen atoms in total. The summed E-state index contributed by atoms with van der Waals surface area (Å²) in [6.45, 7) is 3.83. The quantitative estimate of drug-likeness (QED) is 0.628. The van der Waals surface area contributed by atoms with Crippen LogP contribution in [0.2, 0.25) is 0 Å². The molecule has 0 aliphatic carbocycles. The molecular formula is C9H8NS. The van der Waals surface area contributed by atoms with Crippen LogP contribution in [-0.4, -0.2) is 4.98 Å². The smallest absolute Gasteiger partial charge is 0.0812 e. The second kappa shape index (κ2) is 2.62. The Hall–Kier alpha value is -0.890. The van der Waals surface area contributed by atoms with Crippen LogP contribution in [0.4, 0.5) is 0 Å². The van der Waals surface area contributed by atoms with E-state index in [0.29, 0.717) is 0 Å². The number of thiazole rings is 1. The highest BCUT2D eigenvalue weighted by molar-refractivity contribution is 7.16. The predicted molar refractivity (Wildman–Crippen MR) is 48.7 cm³/mol. The molecule has 0 aliphatic rings. The Balaban J connectivity index is 2.67. The van der Waals surface area contributed by atoms with Gasteiger partial charge in [-0.05, 0) is 31.0 Å². The molecule has 1 aromatic carbocycles. The van der Waals surface area contributed by atoms with Gasteiger partial charge in [0.2, 0.25) is 0 Å². The molecule has 0 fully saturated rings. The largest absolute Gasteiger partial charge is 0.245 e. The Morgan fingerprint density at radius 3 is 3.18 bits per heavy atom. The molecule has 1 radical (unpaired) electrons.